The van der Waals surface area contributed by atoms with Crippen LogP contribution in [0.2, 0.25) is 0 Å². The van der Waals surface area contributed by atoms with Crippen molar-refractivity contribution >= 4 is 5.97 Å². The first-order chi connectivity index (χ1) is 14.2. The van der Waals surface area contributed by atoms with Crippen molar-refractivity contribution in [1.29, 1.82) is 0 Å². The summed E-state index contributed by atoms with van der Waals surface area (Å²) in [5, 5.41) is 0. The average Bonchev–Trinajstić information content (AvgIpc) is 3.24. The Balaban J connectivity index is 1.76. The van der Waals surface area contributed by atoms with Gasteiger partial charge >= 0.3 is 5.97 Å². The Labute approximate surface area is 173 Å². The highest BCUT2D eigenvalue weighted by Gasteiger charge is 2.03. The van der Waals surface area contributed by atoms with Crippen molar-refractivity contribution in [1.82, 2.24) is 9.55 Å². The molecule has 0 spiro atoms. The molecule has 0 fully saturated rings. The topological polar surface area (TPSA) is 62.6 Å². The predicted octanol–water partition coefficient (Wildman–Crippen LogP) is 4.55. The molecule has 2 aromatic rings. The van der Waals surface area contributed by atoms with E-state index in [1.54, 1.807) is 13.3 Å². The number of carbonyl (C=O) groups excluding carboxylic acids is 1. The molecule has 0 atom stereocenters. The lowest BCUT2D eigenvalue weighted by molar-refractivity contribution is -0.143. The van der Waals surface area contributed by atoms with Crippen LogP contribution in [0.4, 0.5) is 0 Å². The van der Waals surface area contributed by atoms with E-state index in [9.17, 15) is 4.79 Å². The standard InChI is InChI=1S/C23H32N2O4/c1-3-29-23(26)9-7-5-4-6-8-21(16-25-15-14-24-19-25)18-28-17-20-10-12-22(27-2)13-11-20/h8,10-15,19H,3-7,9,16-18H2,1-2H3. The van der Waals surface area contributed by atoms with Gasteiger partial charge in [-0.05, 0) is 49.5 Å². The van der Waals surface area contributed by atoms with Crippen molar-refractivity contribution in [2.45, 2.75) is 52.2 Å². The second kappa shape index (κ2) is 13.6. The summed E-state index contributed by atoms with van der Waals surface area (Å²) in [7, 11) is 1.66. The number of hydrogen-bond acceptors (Lipinski definition) is 5. The van der Waals surface area contributed by atoms with Gasteiger partial charge in [-0.25, -0.2) is 4.98 Å². The van der Waals surface area contributed by atoms with Crippen LogP contribution in [0.1, 0.15) is 44.6 Å². The van der Waals surface area contributed by atoms with E-state index < -0.39 is 0 Å². The monoisotopic (exact) mass is 400 g/mol. The molecule has 29 heavy (non-hydrogen) atoms. The summed E-state index contributed by atoms with van der Waals surface area (Å²) in [6.45, 7) is 4.19. The number of allylic oxidation sites excluding steroid dienone is 1. The van der Waals surface area contributed by atoms with E-state index in [0.29, 0.717) is 26.2 Å². The summed E-state index contributed by atoms with van der Waals surface area (Å²) < 4.78 is 18.1. The normalized spacial score (nSPS) is 11.4. The van der Waals surface area contributed by atoms with Crippen molar-refractivity contribution in [3.63, 3.8) is 0 Å². The third kappa shape index (κ3) is 9.43. The number of nitrogens with zero attached hydrogens (tertiary/aromatic N) is 2. The quantitative estimate of drug-likeness (QED) is 0.264. The summed E-state index contributed by atoms with van der Waals surface area (Å²) >= 11 is 0. The minimum atomic E-state index is -0.101. The van der Waals surface area contributed by atoms with E-state index in [1.165, 1.54) is 5.57 Å². The molecule has 0 saturated carbocycles. The summed E-state index contributed by atoms with van der Waals surface area (Å²) in [4.78, 5) is 15.5. The van der Waals surface area contributed by atoms with Crippen LogP contribution in [-0.2, 0) is 27.4 Å². The zero-order chi connectivity index (χ0) is 20.7. The molecule has 2 rings (SSSR count). The molecule has 6 nitrogen and oxygen atoms in total. The smallest absolute Gasteiger partial charge is 0.305 e. The third-order valence-corrected chi connectivity index (χ3v) is 4.48. The number of ether oxygens (including phenoxy) is 3. The molecule has 1 heterocycles. The van der Waals surface area contributed by atoms with Crippen LogP contribution in [0.25, 0.3) is 0 Å². The van der Waals surface area contributed by atoms with Crippen LogP contribution in [0.15, 0.2) is 54.6 Å². The maximum absolute atomic E-state index is 11.4. The fourth-order valence-corrected chi connectivity index (χ4v) is 2.94. The summed E-state index contributed by atoms with van der Waals surface area (Å²) in [6, 6.07) is 7.91. The first kappa shape index (κ1) is 22.7. The highest BCUT2D eigenvalue weighted by atomic mass is 16.5. The largest absolute Gasteiger partial charge is 0.497 e. The highest BCUT2D eigenvalue weighted by Crippen LogP contribution is 2.13. The molecule has 0 aliphatic carbocycles. The van der Waals surface area contributed by atoms with Gasteiger partial charge in [0.15, 0.2) is 0 Å². The number of unbranched alkanes of at least 4 members (excludes halogenated alkanes) is 3. The van der Waals surface area contributed by atoms with Gasteiger partial charge in [0.2, 0.25) is 0 Å². The molecular weight excluding hydrogens is 368 g/mol. The summed E-state index contributed by atoms with van der Waals surface area (Å²) in [5.41, 5.74) is 2.34. The number of imidazole rings is 1. The van der Waals surface area contributed by atoms with Gasteiger partial charge in [0.25, 0.3) is 0 Å². The maximum Gasteiger partial charge on any atom is 0.305 e. The third-order valence-electron chi connectivity index (χ3n) is 4.48. The van der Waals surface area contributed by atoms with Gasteiger partial charge in [-0.2, -0.15) is 0 Å². The average molecular weight is 401 g/mol. The lowest BCUT2D eigenvalue weighted by Crippen LogP contribution is -2.06. The molecule has 0 saturated heterocycles. The lowest BCUT2D eigenvalue weighted by Gasteiger charge is -2.11. The Bertz CT molecular complexity index is 724. The van der Waals surface area contributed by atoms with Gasteiger partial charge in [0.05, 0.1) is 33.3 Å². The molecule has 1 aromatic heterocycles. The number of hydrogen-bond donors (Lipinski definition) is 0. The van der Waals surface area contributed by atoms with Crippen LogP contribution >= 0.6 is 0 Å². The Hall–Kier alpha value is -2.60. The molecule has 0 N–H and O–H groups in total. The number of benzene rings is 1. The SMILES string of the molecule is CCOC(=O)CCCCCC=C(COCc1ccc(OC)cc1)Cn1ccnc1. The van der Waals surface area contributed by atoms with Crippen LogP contribution in [-0.4, -0.2) is 35.8 Å². The van der Waals surface area contributed by atoms with Crippen molar-refractivity contribution in [3.05, 3.63) is 60.2 Å². The number of carbonyl (C=O) groups is 1. The second-order valence-corrected chi connectivity index (χ2v) is 6.84. The van der Waals surface area contributed by atoms with Crippen LogP contribution in [0.3, 0.4) is 0 Å². The fourth-order valence-electron chi connectivity index (χ4n) is 2.94. The molecule has 0 aliphatic heterocycles. The molecular formula is C23H32N2O4. The number of rotatable bonds is 14. The zero-order valence-electron chi connectivity index (χ0n) is 17.5. The lowest BCUT2D eigenvalue weighted by atomic mass is 10.1. The fraction of sp³-hybridized carbons (Fsp3) is 0.478. The van der Waals surface area contributed by atoms with Gasteiger partial charge in [-0.15, -0.1) is 0 Å². The van der Waals surface area contributed by atoms with Crippen LogP contribution in [0.5, 0.6) is 5.75 Å². The second-order valence-electron chi connectivity index (χ2n) is 6.84. The summed E-state index contributed by atoms with van der Waals surface area (Å²) in [5.74, 6) is 0.744. The van der Waals surface area contributed by atoms with Crippen molar-refractivity contribution in [2.24, 2.45) is 0 Å². The van der Waals surface area contributed by atoms with Crippen molar-refractivity contribution in [3.8, 4) is 5.75 Å². The van der Waals surface area contributed by atoms with Crippen molar-refractivity contribution < 1.29 is 19.0 Å². The van der Waals surface area contributed by atoms with Crippen molar-refractivity contribution in [2.75, 3.05) is 20.3 Å². The molecule has 1 aromatic carbocycles. The highest BCUT2D eigenvalue weighted by molar-refractivity contribution is 5.69. The summed E-state index contributed by atoms with van der Waals surface area (Å²) in [6.07, 6.45) is 12.2. The van der Waals surface area contributed by atoms with Gasteiger partial charge in [0, 0.05) is 25.4 Å². The molecule has 0 aliphatic rings. The zero-order valence-corrected chi connectivity index (χ0v) is 17.5. The molecule has 0 radical (unpaired) electrons. The molecule has 0 bridgehead atoms. The molecule has 6 heteroatoms. The van der Waals surface area contributed by atoms with Gasteiger partial charge in [-0.3, -0.25) is 4.79 Å². The van der Waals surface area contributed by atoms with Gasteiger partial charge in [0.1, 0.15) is 5.75 Å². The van der Waals surface area contributed by atoms with E-state index >= 15 is 0 Å². The molecule has 158 valence electrons. The van der Waals surface area contributed by atoms with E-state index in [0.717, 1.165) is 43.5 Å². The Morgan fingerprint density at radius 3 is 2.69 bits per heavy atom. The predicted molar refractivity (Wildman–Crippen MR) is 113 cm³/mol. The van der Waals surface area contributed by atoms with Gasteiger partial charge < -0.3 is 18.8 Å². The first-order valence-electron chi connectivity index (χ1n) is 10.2. The number of aromatic nitrogens is 2. The minimum absolute atomic E-state index is 0.101. The van der Waals surface area contributed by atoms with E-state index in [1.807, 2.05) is 48.3 Å². The minimum Gasteiger partial charge on any atom is -0.497 e. The first-order valence-corrected chi connectivity index (χ1v) is 10.2. The maximum atomic E-state index is 11.4. The Morgan fingerprint density at radius 1 is 1.17 bits per heavy atom. The van der Waals surface area contributed by atoms with E-state index in [-0.39, 0.29) is 5.97 Å². The Morgan fingerprint density at radius 2 is 2.00 bits per heavy atom. The molecule has 0 amide bonds. The van der Waals surface area contributed by atoms with E-state index in [4.69, 9.17) is 14.2 Å². The van der Waals surface area contributed by atoms with Crippen LogP contribution < -0.4 is 4.74 Å². The number of methoxy groups -OCH3 is 1. The Kier molecular flexibility index (Phi) is 10.6. The molecule has 0 unspecified atom stereocenters. The van der Waals surface area contributed by atoms with Gasteiger partial charge in [-0.1, -0.05) is 24.6 Å². The van der Waals surface area contributed by atoms with Crippen LogP contribution in [0, 0.1) is 0 Å². The van der Waals surface area contributed by atoms with E-state index in [2.05, 4.69) is 11.1 Å². The number of esters is 1.